The van der Waals surface area contributed by atoms with E-state index in [2.05, 4.69) is 40.8 Å². The largest absolute Gasteiger partial charge is 0.360 e. The fourth-order valence-electron chi connectivity index (χ4n) is 2.53. The van der Waals surface area contributed by atoms with Gasteiger partial charge in [0.2, 0.25) is 0 Å². The van der Waals surface area contributed by atoms with Gasteiger partial charge in [0.05, 0.1) is 12.2 Å². The highest BCUT2D eigenvalue weighted by molar-refractivity contribution is 5.22. The minimum Gasteiger partial charge on any atom is -0.360 e. The fraction of sp³-hybridized carbons (Fsp3) is 0.400. The van der Waals surface area contributed by atoms with Gasteiger partial charge in [-0.15, -0.1) is 0 Å². The Morgan fingerprint density at radius 2 is 2.06 bits per heavy atom. The van der Waals surface area contributed by atoms with Gasteiger partial charge in [-0.1, -0.05) is 35.5 Å². The number of hydrogen-bond donors (Lipinski definition) is 1. The highest BCUT2D eigenvalue weighted by Gasteiger charge is 2.29. The summed E-state index contributed by atoms with van der Waals surface area (Å²) in [5.41, 5.74) is 2.41. The van der Waals surface area contributed by atoms with Crippen molar-refractivity contribution in [3.63, 3.8) is 0 Å². The average molecular weight is 242 g/mol. The normalized spacial score (nSPS) is 22.7. The second-order valence-electron chi connectivity index (χ2n) is 5.09. The highest BCUT2D eigenvalue weighted by atomic mass is 16.5. The van der Waals surface area contributed by atoms with Crippen molar-refractivity contribution in [2.75, 3.05) is 0 Å². The van der Waals surface area contributed by atoms with Crippen LogP contribution in [0.2, 0.25) is 0 Å². The van der Waals surface area contributed by atoms with E-state index in [1.165, 1.54) is 18.4 Å². The number of aromatic nitrogens is 1. The summed E-state index contributed by atoms with van der Waals surface area (Å²) in [5.74, 6) is 1.65. The van der Waals surface area contributed by atoms with Crippen molar-refractivity contribution >= 4 is 0 Å². The molecule has 1 aliphatic rings. The smallest absolute Gasteiger partial charge is 0.150 e. The second-order valence-corrected chi connectivity index (χ2v) is 5.09. The molecular formula is C15H18N2O. The molecular weight excluding hydrogens is 224 g/mol. The van der Waals surface area contributed by atoms with Crippen LogP contribution in [0.4, 0.5) is 0 Å². The molecule has 1 N–H and O–H groups in total. The molecule has 0 saturated heterocycles. The zero-order valence-electron chi connectivity index (χ0n) is 10.6. The van der Waals surface area contributed by atoms with E-state index in [0.717, 1.165) is 23.9 Å². The van der Waals surface area contributed by atoms with Gasteiger partial charge in [-0.2, -0.15) is 0 Å². The van der Waals surface area contributed by atoms with Gasteiger partial charge in [-0.05, 0) is 31.2 Å². The lowest BCUT2D eigenvalue weighted by Crippen LogP contribution is -2.39. The third-order valence-electron chi connectivity index (χ3n) is 3.65. The molecule has 0 bridgehead atoms. The maximum absolute atomic E-state index is 5.18. The number of nitrogens with one attached hydrogen (secondary N) is 1. The molecule has 0 spiro atoms. The van der Waals surface area contributed by atoms with Crippen molar-refractivity contribution in [3.8, 4) is 0 Å². The first kappa shape index (κ1) is 11.5. The quantitative estimate of drug-likeness (QED) is 0.895. The Bertz CT molecular complexity index is 500. The molecule has 0 unspecified atom stereocenters. The van der Waals surface area contributed by atoms with Crippen molar-refractivity contribution in [1.82, 2.24) is 10.5 Å². The summed E-state index contributed by atoms with van der Waals surface area (Å²) >= 11 is 0. The van der Waals surface area contributed by atoms with Crippen LogP contribution in [0.5, 0.6) is 0 Å². The monoisotopic (exact) mass is 242 g/mol. The van der Waals surface area contributed by atoms with Gasteiger partial charge < -0.3 is 9.84 Å². The Morgan fingerprint density at radius 3 is 2.72 bits per heavy atom. The van der Waals surface area contributed by atoms with Crippen molar-refractivity contribution in [1.29, 1.82) is 0 Å². The summed E-state index contributed by atoms with van der Waals surface area (Å²) < 4.78 is 5.18. The van der Waals surface area contributed by atoms with Gasteiger partial charge in [0.1, 0.15) is 0 Å². The molecule has 0 amide bonds. The first-order valence-electron chi connectivity index (χ1n) is 6.52. The van der Waals surface area contributed by atoms with Crippen molar-refractivity contribution < 1.29 is 4.52 Å². The predicted octanol–water partition coefficient (Wildman–Crippen LogP) is 3.02. The van der Waals surface area contributed by atoms with E-state index < -0.39 is 0 Å². The molecule has 0 atom stereocenters. The molecule has 1 saturated carbocycles. The van der Waals surface area contributed by atoms with Crippen LogP contribution in [0.3, 0.4) is 0 Å². The minimum atomic E-state index is 0.612. The summed E-state index contributed by atoms with van der Waals surface area (Å²) in [6, 6.07) is 13.4. The lowest BCUT2D eigenvalue weighted by molar-refractivity contribution is 0.274. The predicted molar refractivity (Wildman–Crippen MR) is 70.3 cm³/mol. The van der Waals surface area contributed by atoms with E-state index in [-0.39, 0.29) is 0 Å². The van der Waals surface area contributed by atoms with Crippen LogP contribution in [-0.2, 0) is 6.54 Å². The van der Waals surface area contributed by atoms with Crippen LogP contribution in [0.1, 0.15) is 35.8 Å². The molecule has 94 valence electrons. The van der Waals surface area contributed by atoms with Gasteiger partial charge in [0, 0.05) is 12.1 Å². The van der Waals surface area contributed by atoms with E-state index in [1.807, 2.05) is 13.0 Å². The lowest BCUT2D eigenvalue weighted by atomic mass is 9.76. The molecule has 1 aromatic carbocycles. The SMILES string of the molecule is Cc1cc(CNC2CC(c3ccccc3)C2)on1. The van der Waals surface area contributed by atoms with Crippen LogP contribution >= 0.6 is 0 Å². The fourth-order valence-corrected chi connectivity index (χ4v) is 2.53. The number of hydrogen-bond acceptors (Lipinski definition) is 3. The van der Waals surface area contributed by atoms with Crippen molar-refractivity contribution in [2.45, 2.75) is 38.3 Å². The van der Waals surface area contributed by atoms with E-state index in [0.29, 0.717) is 6.04 Å². The van der Waals surface area contributed by atoms with Crippen LogP contribution in [0, 0.1) is 6.92 Å². The summed E-state index contributed by atoms with van der Waals surface area (Å²) in [7, 11) is 0. The maximum atomic E-state index is 5.18. The Balaban J connectivity index is 1.46. The molecule has 3 heteroatoms. The first-order valence-corrected chi connectivity index (χ1v) is 6.52. The van der Waals surface area contributed by atoms with E-state index in [1.54, 1.807) is 0 Å². The number of rotatable bonds is 4. The minimum absolute atomic E-state index is 0.612. The molecule has 18 heavy (non-hydrogen) atoms. The summed E-state index contributed by atoms with van der Waals surface area (Å²) in [6.07, 6.45) is 2.44. The van der Waals surface area contributed by atoms with Crippen LogP contribution < -0.4 is 5.32 Å². The topological polar surface area (TPSA) is 38.1 Å². The standard InChI is InChI=1S/C15H18N2O/c1-11-7-15(18-17-11)10-16-14-8-13(9-14)12-5-3-2-4-6-12/h2-7,13-14,16H,8-10H2,1H3. The van der Waals surface area contributed by atoms with Gasteiger partial charge in [-0.25, -0.2) is 0 Å². The third kappa shape index (κ3) is 2.46. The van der Waals surface area contributed by atoms with E-state index in [9.17, 15) is 0 Å². The first-order chi connectivity index (χ1) is 8.81. The molecule has 0 radical (unpaired) electrons. The number of nitrogens with zero attached hydrogens (tertiary/aromatic N) is 1. The van der Waals surface area contributed by atoms with Crippen LogP contribution in [-0.4, -0.2) is 11.2 Å². The van der Waals surface area contributed by atoms with Gasteiger partial charge in [0.15, 0.2) is 5.76 Å². The Morgan fingerprint density at radius 1 is 1.28 bits per heavy atom. The van der Waals surface area contributed by atoms with Crippen molar-refractivity contribution in [3.05, 3.63) is 53.4 Å². The zero-order chi connectivity index (χ0) is 12.4. The Kier molecular flexibility index (Phi) is 3.15. The third-order valence-corrected chi connectivity index (χ3v) is 3.65. The average Bonchev–Trinajstić information content (AvgIpc) is 2.74. The summed E-state index contributed by atoms with van der Waals surface area (Å²) in [5, 5.41) is 7.40. The molecule has 2 aromatic rings. The summed E-state index contributed by atoms with van der Waals surface area (Å²) in [4.78, 5) is 0. The Hall–Kier alpha value is -1.61. The molecule has 1 aliphatic carbocycles. The lowest BCUT2D eigenvalue weighted by Gasteiger charge is -2.36. The van der Waals surface area contributed by atoms with E-state index in [4.69, 9.17) is 4.52 Å². The van der Waals surface area contributed by atoms with Gasteiger partial charge in [-0.3, -0.25) is 0 Å². The molecule has 0 aliphatic heterocycles. The number of aryl methyl sites for hydroxylation is 1. The molecule has 3 rings (SSSR count). The van der Waals surface area contributed by atoms with E-state index >= 15 is 0 Å². The maximum Gasteiger partial charge on any atom is 0.150 e. The van der Waals surface area contributed by atoms with Crippen LogP contribution in [0.15, 0.2) is 40.9 Å². The second kappa shape index (κ2) is 4.94. The van der Waals surface area contributed by atoms with Crippen LogP contribution in [0.25, 0.3) is 0 Å². The Labute approximate surface area is 107 Å². The molecule has 1 fully saturated rings. The van der Waals surface area contributed by atoms with Gasteiger partial charge in [0.25, 0.3) is 0 Å². The molecule has 3 nitrogen and oxygen atoms in total. The number of benzene rings is 1. The molecule has 1 aromatic heterocycles. The van der Waals surface area contributed by atoms with Gasteiger partial charge >= 0.3 is 0 Å². The summed E-state index contributed by atoms with van der Waals surface area (Å²) in [6.45, 7) is 2.73. The zero-order valence-corrected chi connectivity index (χ0v) is 10.6. The van der Waals surface area contributed by atoms with Crippen molar-refractivity contribution in [2.24, 2.45) is 0 Å². The molecule has 1 heterocycles. The highest BCUT2D eigenvalue weighted by Crippen LogP contribution is 2.36.